The smallest absolute Gasteiger partial charge is 0.407 e. The normalized spacial score (nSPS) is 11.7. The molecule has 0 aromatic carbocycles. The first-order chi connectivity index (χ1) is 25.5. The Kier molecular flexibility index (Phi) is 17.8. The van der Waals surface area contributed by atoms with Gasteiger partial charge in [0, 0.05) is 29.1 Å². The van der Waals surface area contributed by atoms with E-state index in [-0.39, 0.29) is 63.7 Å². The second-order valence-electron chi connectivity index (χ2n) is 13.1. The van der Waals surface area contributed by atoms with E-state index in [2.05, 4.69) is 25.9 Å². The van der Waals surface area contributed by atoms with E-state index in [1.54, 1.807) is 48.5 Å². The Morgan fingerprint density at radius 3 is 1.65 bits per heavy atom. The molecule has 1 atom stereocenters. The maximum absolute atomic E-state index is 13.3. The molecule has 2 aromatic rings. The van der Waals surface area contributed by atoms with Crippen molar-refractivity contribution in [2.45, 2.75) is 92.5 Å². The van der Waals surface area contributed by atoms with Crippen molar-refractivity contribution in [3.05, 3.63) is 33.9 Å². The number of H-pyrrole nitrogens is 2. The molecule has 2 heterocycles. The molecule has 0 aliphatic rings. The highest BCUT2D eigenvalue weighted by atomic mass is 16.6. The van der Waals surface area contributed by atoms with E-state index in [9.17, 15) is 28.8 Å². The van der Waals surface area contributed by atoms with Gasteiger partial charge in [0.2, 0.25) is 0 Å². The Morgan fingerprint density at radius 2 is 1.20 bits per heavy atom. The summed E-state index contributed by atoms with van der Waals surface area (Å²) in [6.45, 7) is 12.0. The van der Waals surface area contributed by atoms with Crippen LogP contribution in [0, 0.1) is 13.8 Å². The first kappa shape index (κ1) is 44.9. The first-order valence-electron chi connectivity index (χ1n) is 17.7. The van der Waals surface area contributed by atoms with Crippen LogP contribution in [0.15, 0.2) is 0 Å². The summed E-state index contributed by atoms with van der Waals surface area (Å²) in [5.41, 5.74) is 2.00. The van der Waals surface area contributed by atoms with Gasteiger partial charge in [0.15, 0.2) is 11.5 Å². The van der Waals surface area contributed by atoms with Gasteiger partial charge in [-0.3, -0.25) is 28.9 Å². The monoisotopic (exact) mass is 764 g/mol. The summed E-state index contributed by atoms with van der Waals surface area (Å²) >= 11 is 0. The van der Waals surface area contributed by atoms with Crippen molar-refractivity contribution in [1.82, 2.24) is 30.8 Å². The van der Waals surface area contributed by atoms with Crippen molar-refractivity contribution >= 4 is 35.8 Å². The van der Waals surface area contributed by atoms with Gasteiger partial charge in [0.25, 0.3) is 11.8 Å². The third-order valence-electron chi connectivity index (χ3n) is 8.07. The van der Waals surface area contributed by atoms with Gasteiger partial charge in [-0.15, -0.1) is 0 Å². The van der Waals surface area contributed by atoms with Crippen LogP contribution in [0.25, 0.3) is 0 Å². The van der Waals surface area contributed by atoms with Crippen molar-refractivity contribution < 1.29 is 57.2 Å². The molecule has 18 heteroatoms. The quantitative estimate of drug-likeness (QED) is 0.0701. The second-order valence-corrected chi connectivity index (χ2v) is 13.1. The predicted molar refractivity (Wildman–Crippen MR) is 195 cm³/mol. The number of rotatable bonds is 21. The van der Waals surface area contributed by atoms with Crippen LogP contribution in [0.3, 0.4) is 0 Å². The summed E-state index contributed by atoms with van der Waals surface area (Å²) in [6, 6.07) is -0.932. The SMILES string of the molecule is CCOC(=O)CN(CC(=O)OCC)[C@@H](CCCCNC(=O)c1[nH]c(CNC(=O)c2[nH]c(CNC(=O)OC(C)(C)C)c(C)c2OC)c(C)c1OC)C(=O)OC. The van der Waals surface area contributed by atoms with Crippen LogP contribution >= 0.6 is 0 Å². The second kappa shape index (κ2) is 21.4. The van der Waals surface area contributed by atoms with Gasteiger partial charge in [0.05, 0.1) is 60.7 Å². The fraction of sp³-hybridized carbons (Fsp3) is 0.611. The number of hydrogen-bond acceptors (Lipinski definition) is 13. The highest BCUT2D eigenvalue weighted by molar-refractivity contribution is 5.97. The third-order valence-corrected chi connectivity index (χ3v) is 8.07. The molecule has 0 bridgehead atoms. The number of aromatic nitrogens is 2. The Hall–Kier alpha value is -5.26. The number of unbranched alkanes of at least 4 members (excludes halogenated alkanes) is 1. The largest absolute Gasteiger partial charge is 0.494 e. The molecule has 0 unspecified atom stereocenters. The molecule has 0 fully saturated rings. The number of aromatic amines is 2. The standard InChI is InChI=1S/C36H56N6O12/c1-11-52-26(43)19-42(20-27(44)53-12-2)25(34(47)51-10)15-13-14-16-37-32(45)28-30(49-8)21(3)23(40-28)17-38-33(46)29-31(50-9)22(4)24(41-29)18-39-35(48)54-36(5,6)7/h25,40-41H,11-20H2,1-10H3,(H,37,45)(H,38,46)(H,39,48)/t25-/m0/s1. The lowest BCUT2D eigenvalue weighted by atomic mass is 10.1. The molecular formula is C36H56N6O12. The topological polar surface area (TPSA) is 229 Å². The summed E-state index contributed by atoms with van der Waals surface area (Å²) in [5.74, 6) is -2.14. The number of carbonyl (C=O) groups excluding carboxylic acids is 6. The van der Waals surface area contributed by atoms with Crippen LogP contribution < -0.4 is 25.4 Å². The number of alkyl carbamates (subject to hydrolysis) is 1. The van der Waals surface area contributed by atoms with E-state index in [0.717, 1.165) is 0 Å². The number of methoxy groups -OCH3 is 3. The van der Waals surface area contributed by atoms with Crippen molar-refractivity contribution in [3.63, 3.8) is 0 Å². The fourth-order valence-electron chi connectivity index (χ4n) is 5.53. The van der Waals surface area contributed by atoms with Crippen LogP contribution in [0.4, 0.5) is 4.79 Å². The molecule has 302 valence electrons. The van der Waals surface area contributed by atoms with Crippen LogP contribution in [-0.2, 0) is 46.4 Å². The van der Waals surface area contributed by atoms with Crippen molar-refractivity contribution in [1.29, 1.82) is 0 Å². The summed E-state index contributed by atoms with van der Waals surface area (Å²) in [6.07, 6.45) is 0.500. The van der Waals surface area contributed by atoms with Crippen molar-refractivity contribution in [3.8, 4) is 11.5 Å². The zero-order chi connectivity index (χ0) is 40.6. The van der Waals surface area contributed by atoms with Gasteiger partial charge in [-0.05, 0) is 67.7 Å². The Labute approximate surface area is 315 Å². The summed E-state index contributed by atoms with van der Waals surface area (Å²) < 4.78 is 31.3. The number of carbonyl (C=O) groups is 6. The predicted octanol–water partition coefficient (Wildman–Crippen LogP) is 2.80. The van der Waals surface area contributed by atoms with Gasteiger partial charge in [-0.2, -0.15) is 0 Å². The number of amides is 3. The van der Waals surface area contributed by atoms with E-state index in [1.165, 1.54) is 26.2 Å². The number of ether oxygens (including phenoxy) is 6. The van der Waals surface area contributed by atoms with Crippen LogP contribution in [-0.4, -0.2) is 117 Å². The van der Waals surface area contributed by atoms with Crippen LogP contribution in [0.2, 0.25) is 0 Å². The number of nitrogens with zero attached hydrogens (tertiary/aromatic N) is 1. The molecule has 0 saturated carbocycles. The molecule has 18 nitrogen and oxygen atoms in total. The minimum absolute atomic E-state index is 0.0179. The minimum atomic E-state index is -0.932. The van der Waals surface area contributed by atoms with E-state index in [1.807, 2.05) is 0 Å². The zero-order valence-corrected chi connectivity index (χ0v) is 33.0. The first-order valence-corrected chi connectivity index (χ1v) is 17.7. The Balaban J connectivity index is 2.06. The lowest BCUT2D eigenvalue weighted by molar-refractivity contribution is -0.155. The van der Waals surface area contributed by atoms with Gasteiger partial charge >= 0.3 is 24.0 Å². The average Bonchev–Trinajstić information content (AvgIpc) is 3.61. The third kappa shape index (κ3) is 13.3. The Bertz CT molecular complexity index is 1590. The lowest BCUT2D eigenvalue weighted by Gasteiger charge is -2.28. The van der Waals surface area contributed by atoms with E-state index < -0.39 is 47.5 Å². The molecule has 0 radical (unpaired) electrons. The summed E-state index contributed by atoms with van der Waals surface area (Å²) in [5, 5.41) is 8.31. The molecule has 54 heavy (non-hydrogen) atoms. The summed E-state index contributed by atoms with van der Waals surface area (Å²) in [7, 11) is 4.09. The zero-order valence-electron chi connectivity index (χ0n) is 33.0. The van der Waals surface area contributed by atoms with Gasteiger partial charge in [-0.1, -0.05) is 0 Å². The molecule has 0 saturated heterocycles. The maximum atomic E-state index is 13.3. The molecule has 0 aliphatic carbocycles. The summed E-state index contributed by atoms with van der Waals surface area (Å²) in [4.78, 5) is 83.3. The van der Waals surface area contributed by atoms with Crippen LogP contribution in [0.5, 0.6) is 11.5 Å². The van der Waals surface area contributed by atoms with Crippen molar-refractivity contribution in [2.75, 3.05) is 54.2 Å². The van der Waals surface area contributed by atoms with E-state index in [4.69, 9.17) is 28.4 Å². The van der Waals surface area contributed by atoms with Gasteiger partial charge < -0.3 is 54.3 Å². The van der Waals surface area contributed by atoms with E-state index in [0.29, 0.717) is 46.9 Å². The van der Waals surface area contributed by atoms with Gasteiger partial charge in [0.1, 0.15) is 23.0 Å². The number of esters is 3. The molecule has 2 aromatic heterocycles. The fourth-order valence-corrected chi connectivity index (χ4v) is 5.53. The number of hydrogen-bond donors (Lipinski definition) is 5. The number of nitrogens with one attached hydrogen (secondary N) is 5. The van der Waals surface area contributed by atoms with Crippen molar-refractivity contribution in [2.24, 2.45) is 0 Å². The molecule has 0 aliphatic heterocycles. The highest BCUT2D eigenvalue weighted by Crippen LogP contribution is 2.29. The molecule has 3 amide bonds. The molecule has 0 spiro atoms. The Morgan fingerprint density at radius 1 is 0.722 bits per heavy atom. The average molecular weight is 765 g/mol. The van der Waals surface area contributed by atoms with E-state index >= 15 is 0 Å². The minimum Gasteiger partial charge on any atom is -0.494 e. The molecule has 5 N–H and O–H groups in total. The van der Waals surface area contributed by atoms with Crippen LogP contribution in [0.1, 0.15) is 97.4 Å². The van der Waals surface area contributed by atoms with Gasteiger partial charge in [-0.25, -0.2) is 4.79 Å². The highest BCUT2D eigenvalue weighted by Gasteiger charge is 2.31. The maximum Gasteiger partial charge on any atom is 0.407 e. The molecule has 2 rings (SSSR count). The molecular weight excluding hydrogens is 708 g/mol. The lowest BCUT2D eigenvalue weighted by Crippen LogP contribution is -2.47.